The minimum atomic E-state index is -3.48. The van der Waals surface area contributed by atoms with Gasteiger partial charge in [0.1, 0.15) is 18.1 Å². The number of hydrogen-bond donors (Lipinski definition) is 1. The highest BCUT2D eigenvalue weighted by atomic mass is 32.2. The predicted octanol–water partition coefficient (Wildman–Crippen LogP) is 1.66. The summed E-state index contributed by atoms with van der Waals surface area (Å²) in [5.41, 5.74) is 0.947. The average molecular weight is 406 g/mol. The van der Waals surface area contributed by atoms with Crippen molar-refractivity contribution in [1.82, 2.24) is 5.32 Å². The Kier molecular flexibility index (Phi) is 5.64. The van der Waals surface area contributed by atoms with Gasteiger partial charge in [0.2, 0.25) is 5.91 Å². The highest BCUT2D eigenvalue weighted by Crippen LogP contribution is 2.34. The molecule has 0 aromatic heterocycles. The highest BCUT2D eigenvalue weighted by molar-refractivity contribution is 7.91. The standard InChI is InChI=1S/C19H19FN2O5S/c1-2-28(25,26)15-7-8-17-16(9-15)22(19(24)12-27-17)11-18(23)21-10-13-3-5-14(20)6-4-13/h3-9H,2,10-12H2,1H3,(H,21,23). The van der Waals surface area contributed by atoms with Gasteiger partial charge in [-0.05, 0) is 35.9 Å². The van der Waals surface area contributed by atoms with Crippen LogP contribution in [-0.2, 0) is 26.0 Å². The van der Waals surface area contributed by atoms with Gasteiger partial charge in [-0.1, -0.05) is 19.1 Å². The van der Waals surface area contributed by atoms with E-state index in [1.807, 2.05) is 0 Å². The van der Waals surface area contributed by atoms with Crippen molar-refractivity contribution in [2.24, 2.45) is 0 Å². The van der Waals surface area contributed by atoms with E-state index < -0.39 is 21.7 Å². The van der Waals surface area contributed by atoms with Crippen molar-refractivity contribution in [3.8, 4) is 5.75 Å². The molecule has 0 atom stereocenters. The second kappa shape index (κ2) is 7.97. The van der Waals surface area contributed by atoms with Crippen LogP contribution in [0.2, 0.25) is 0 Å². The average Bonchev–Trinajstić information content (AvgIpc) is 2.69. The molecule has 0 bridgehead atoms. The van der Waals surface area contributed by atoms with E-state index in [9.17, 15) is 22.4 Å². The third kappa shape index (κ3) is 4.30. The number of halogens is 1. The summed E-state index contributed by atoms with van der Waals surface area (Å²) in [5.74, 6) is -1.01. The molecule has 9 heteroatoms. The molecular formula is C19H19FN2O5S. The van der Waals surface area contributed by atoms with Crippen LogP contribution in [0.1, 0.15) is 12.5 Å². The van der Waals surface area contributed by atoms with Crippen molar-refractivity contribution in [2.45, 2.75) is 18.4 Å². The first-order chi connectivity index (χ1) is 13.3. The third-order valence-electron chi connectivity index (χ3n) is 4.32. The molecule has 2 amide bonds. The second-order valence-electron chi connectivity index (χ2n) is 6.20. The maximum atomic E-state index is 12.9. The first-order valence-electron chi connectivity index (χ1n) is 8.61. The smallest absolute Gasteiger partial charge is 0.265 e. The van der Waals surface area contributed by atoms with Crippen LogP contribution in [0.25, 0.3) is 0 Å². The number of rotatable bonds is 6. The first kappa shape index (κ1) is 19.8. The summed E-state index contributed by atoms with van der Waals surface area (Å²) in [5, 5.41) is 2.66. The molecule has 0 aliphatic carbocycles. The van der Waals surface area contributed by atoms with Crippen LogP contribution in [0.3, 0.4) is 0 Å². The lowest BCUT2D eigenvalue weighted by atomic mass is 10.2. The Bertz CT molecular complexity index is 1010. The summed E-state index contributed by atoms with van der Waals surface area (Å²) in [4.78, 5) is 25.8. The third-order valence-corrected chi connectivity index (χ3v) is 6.05. The lowest BCUT2D eigenvalue weighted by Crippen LogP contribution is -2.45. The van der Waals surface area contributed by atoms with Gasteiger partial charge in [0.25, 0.3) is 5.91 Å². The Hall–Kier alpha value is -2.94. The molecule has 2 aromatic carbocycles. The van der Waals surface area contributed by atoms with Crippen LogP contribution in [0.5, 0.6) is 5.75 Å². The molecule has 3 rings (SSSR count). The monoisotopic (exact) mass is 406 g/mol. The Labute approximate surface area is 162 Å². The van der Waals surface area contributed by atoms with Crippen molar-refractivity contribution in [3.05, 3.63) is 53.8 Å². The zero-order chi connectivity index (χ0) is 20.3. The van der Waals surface area contributed by atoms with Gasteiger partial charge in [0.05, 0.1) is 16.3 Å². The predicted molar refractivity (Wildman–Crippen MR) is 100 cm³/mol. The molecule has 1 heterocycles. The number of nitrogens with zero attached hydrogens (tertiary/aromatic N) is 1. The molecule has 0 saturated heterocycles. The zero-order valence-electron chi connectivity index (χ0n) is 15.1. The molecule has 0 unspecified atom stereocenters. The minimum Gasteiger partial charge on any atom is -0.482 e. The summed E-state index contributed by atoms with van der Waals surface area (Å²) >= 11 is 0. The number of sulfone groups is 1. The Morgan fingerprint density at radius 3 is 2.61 bits per heavy atom. The Morgan fingerprint density at radius 2 is 1.93 bits per heavy atom. The van der Waals surface area contributed by atoms with Crippen molar-refractivity contribution >= 4 is 27.3 Å². The molecule has 28 heavy (non-hydrogen) atoms. The maximum absolute atomic E-state index is 12.9. The molecular weight excluding hydrogens is 387 g/mol. The van der Waals surface area contributed by atoms with Gasteiger partial charge in [-0.3, -0.25) is 14.5 Å². The van der Waals surface area contributed by atoms with E-state index in [0.29, 0.717) is 11.3 Å². The van der Waals surface area contributed by atoms with E-state index >= 15 is 0 Å². The first-order valence-corrected chi connectivity index (χ1v) is 10.3. The molecule has 1 N–H and O–H groups in total. The van der Waals surface area contributed by atoms with Crippen LogP contribution in [0.4, 0.5) is 10.1 Å². The fourth-order valence-corrected chi connectivity index (χ4v) is 3.62. The summed E-state index contributed by atoms with van der Waals surface area (Å²) in [6, 6.07) is 9.92. The second-order valence-corrected chi connectivity index (χ2v) is 8.48. The SMILES string of the molecule is CCS(=O)(=O)c1ccc2c(c1)N(CC(=O)NCc1ccc(F)cc1)C(=O)CO2. The number of nitrogens with one attached hydrogen (secondary N) is 1. The van der Waals surface area contributed by atoms with Gasteiger partial charge >= 0.3 is 0 Å². The largest absolute Gasteiger partial charge is 0.482 e. The summed E-state index contributed by atoms with van der Waals surface area (Å²) in [6.45, 7) is 1.18. The highest BCUT2D eigenvalue weighted by Gasteiger charge is 2.29. The van der Waals surface area contributed by atoms with E-state index in [-0.39, 0.29) is 41.8 Å². The van der Waals surface area contributed by atoms with E-state index in [1.165, 1.54) is 42.2 Å². The van der Waals surface area contributed by atoms with Crippen molar-refractivity contribution in [1.29, 1.82) is 0 Å². The number of hydrogen-bond acceptors (Lipinski definition) is 5. The van der Waals surface area contributed by atoms with Gasteiger partial charge in [-0.25, -0.2) is 12.8 Å². The lowest BCUT2D eigenvalue weighted by molar-refractivity contribution is -0.125. The summed E-state index contributed by atoms with van der Waals surface area (Å²) < 4.78 is 42.5. The van der Waals surface area contributed by atoms with Crippen molar-refractivity contribution < 1.29 is 27.1 Å². The molecule has 0 spiro atoms. The fourth-order valence-electron chi connectivity index (χ4n) is 2.72. The Morgan fingerprint density at radius 1 is 1.21 bits per heavy atom. The quantitative estimate of drug-likeness (QED) is 0.788. The van der Waals surface area contributed by atoms with E-state index in [4.69, 9.17) is 4.74 Å². The Balaban J connectivity index is 1.76. The molecule has 1 aliphatic heterocycles. The van der Waals surface area contributed by atoms with Gasteiger partial charge in [-0.2, -0.15) is 0 Å². The van der Waals surface area contributed by atoms with Gasteiger partial charge in [0.15, 0.2) is 16.4 Å². The number of anilines is 1. The van der Waals surface area contributed by atoms with Crippen molar-refractivity contribution in [3.63, 3.8) is 0 Å². The number of benzene rings is 2. The van der Waals surface area contributed by atoms with Crippen LogP contribution >= 0.6 is 0 Å². The number of amides is 2. The van der Waals surface area contributed by atoms with E-state index in [1.54, 1.807) is 12.1 Å². The van der Waals surface area contributed by atoms with Gasteiger partial charge in [-0.15, -0.1) is 0 Å². The molecule has 0 fully saturated rings. The van der Waals surface area contributed by atoms with E-state index in [2.05, 4.69) is 5.32 Å². The number of fused-ring (bicyclic) bond motifs is 1. The molecule has 1 aliphatic rings. The van der Waals surface area contributed by atoms with Crippen LogP contribution in [0, 0.1) is 5.82 Å². The zero-order valence-corrected chi connectivity index (χ0v) is 16.0. The van der Waals surface area contributed by atoms with Gasteiger partial charge < -0.3 is 10.1 Å². The lowest BCUT2D eigenvalue weighted by Gasteiger charge is -2.29. The topological polar surface area (TPSA) is 92.8 Å². The maximum Gasteiger partial charge on any atom is 0.265 e. The molecule has 7 nitrogen and oxygen atoms in total. The fraction of sp³-hybridized carbons (Fsp3) is 0.263. The van der Waals surface area contributed by atoms with Gasteiger partial charge in [0, 0.05) is 6.54 Å². The number of ether oxygens (including phenoxy) is 1. The minimum absolute atomic E-state index is 0.0590. The van der Waals surface area contributed by atoms with Crippen LogP contribution < -0.4 is 15.0 Å². The summed E-state index contributed by atoms with van der Waals surface area (Å²) in [7, 11) is -3.48. The van der Waals surface area contributed by atoms with Crippen LogP contribution in [0.15, 0.2) is 47.4 Å². The van der Waals surface area contributed by atoms with Crippen molar-refractivity contribution in [2.75, 3.05) is 23.8 Å². The van der Waals surface area contributed by atoms with Crippen LogP contribution in [-0.4, -0.2) is 39.1 Å². The number of carbonyl (C=O) groups is 2. The normalized spacial score (nSPS) is 13.6. The molecule has 2 aromatic rings. The number of carbonyl (C=O) groups excluding carboxylic acids is 2. The molecule has 0 saturated carbocycles. The van der Waals surface area contributed by atoms with E-state index in [0.717, 1.165) is 0 Å². The molecule has 148 valence electrons. The molecule has 0 radical (unpaired) electrons. The summed E-state index contributed by atoms with van der Waals surface area (Å²) in [6.07, 6.45) is 0.